The van der Waals surface area contributed by atoms with Crippen LogP contribution in [0.3, 0.4) is 0 Å². The van der Waals surface area contributed by atoms with Gasteiger partial charge in [-0.3, -0.25) is 0 Å². The third-order valence-corrected chi connectivity index (χ3v) is 4.71. The number of rotatable bonds is 4. The first-order valence-corrected chi connectivity index (χ1v) is 8.78. The molecule has 0 atom stereocenters. The standard InChI is InChI=1S/C21H22O5/c1-24-19(22)17-12-6-7-13-18(17)21(14-8-3-9-15-21)26-20(23)25-16-10-4-2-5-11-16/h2,4-7,10-13H,3,8-9,14-15H2,1H3. The van der Waals surface area contributed by atoms with Gasteiger partial charge in [0.25, 0.3) is 0 Å². The minimum Gasteiger partial charge on any atom is -0.465 e. The molecule has 1 aliphatic rings. The second-order valence-corrected chi connectivity index (χ2v) is 6.36. The molecule has 0 radical (unpaired) electrons. The Morgan fingerprint density at radius 2 is 1.54 bits per heavy atom. The van der Waals surface area contributed by atoms with Crippen molar-refractivity contribution >= 4 is 12.1 Å². The zero-order valence-corrected chi connectivity index (χ0v) is 14.8. The molecule has 0 amide bonds. The van der Waals surface area contributed by atoms with E-state index in [0.29, 0.717) is 29.7 Å². The van der Waals surface area contributed by atoms with Gasteiger partial charge in [0.15, 0.2) is 0 Å². The summed E-state index contributed by atoms with van der Waals surface area (Å²) in [6, 6.07) is 15.9. The number of esters is 1. The predicted molar refractivity (Wildman–Crippen MR) is 96.1 cm³/mol. The zero-order valence-electron chi connectivity index (χ0n) is 14.8. The van der Waals surface area contributed by atoms with Gasteiger partial charge >= 0.3 is 12.1 Å². The Morgan fingerprint density at radius 1 is 0.885 bits per heavy atom. The Labute approximate surface area is 152 Å². The van der Waals surface area contributed by atoms with Crippen LogP contribution in [0.1, 0.15) is 48.0 Å². The molecule has 0 heterocycles. The van der Waals surface area contributed by atoms with E-state index in [-0.39, 0.29) is 0 Å². The summed E-state index contributed by atoms with van der Waals surface area (Å²) in [5.41, 5.74) is 0.218. The Morgan fingerprint density at radius 3 is 2.23 bits per heavy atom. The van der Waals surface area contributed by atoms with Gasteiger partial charge in [0.2, 0.25) is 0 Å². The van der Waals surface area contributed by atoms with E-state index in [9.17, 15) is 9.59 Å². The fourth-order valence-corrected chi connectivity index (χ4v) is 3.48. The van der Waals surface area contributed by atoms with Crippen LogP contribution in [0.2, 0.25) is 0 Å². The van der Waals surface area contributed by atoms with Crippen LogP contribution in [0.5, 0.6) is 5.75 Å². The highest BCUT2D eigenvalue weighted by Gasteiger charge is 2.41. The molecule has 5 nitrogen and oxygen atoms in total. The van der Waals surface area contributed by atoms with Crippen molar-refractivity contribution in [1.29, 1.82) is 0 Å². The average Bonchev–Trinajstić information content (AvgIpc) is 2.68. The largest absolute Gasteiger partial charge is 0.514 e. The number of hydrogen-bond acceptors (Lipinski definition) is 5. The number of carbonyl (C=O) groups excluding carboxylic acids is 2. The number of methoxy groups -OCH3 is 1. The van der Waals surface area contributed by atoms with Crippen molar-refractivity contribution in [1.82, 2.24) is 0 Å². The first-order valence-electron chi connectivity index (χ1n) is 8.78. The van der Waals surface area contributed by atoms with E-state index in [4.69, 9.17) is 14.2 Å². The van der Waals surface area contributed by atoms with Gasteiger partial charge in [-0.1, -0.05) is 42.8 Å². The topological polar surface area (TPSA) is 61.8 Å². The molecule has 5 heteroatoms. The molecule has 3 rings (SSSR count). The van der Waals surface area contributed by atoms with Crippen LogP contribution >= 0.6 is 0 Å². The number of hydrogen-bond donors (Lipinski definition) is 0. The molecule has 1 aliphatic carbocycles. The van der Waals surface area contributed by atoms with Crippen molar-refractivity contribution in [2.45, 2.75) is 37.7 Å². The van der Waals surface area contributed by atoms with Crippen molar-refractivity contribution in [2.24, 2.45) is 0 Å². The summed E-state index contributed by atoms with van der Waals surface area (Å²) in [6.45, 7) is 0. The highest BCUT2D eigenvalue weighted by atomic mass is 16.7. The minimum absolute atomic E-state index is 0.421. The maximum Gasteiger partial charge on any atom is 0.514 e. The summed E-state index contributed by atoms with van der Waals surface area (Å²) in [6.07, 6.45) is 3.41. The lowest BCUT2D eigenvalue weighted by atomic mass is 9.77. The van der Waals surface area contributed by atoms with Crippen molar-refractivity contribution in [2.75, 3.05) is 7.11 Å². The molecule has 26 heavy (non-hydrogen) atoms. The number of benzene rings is 2. The highest BCUT2D eigenvalue weighted by Crippen LogP contribution is 2.42. The van der Waals surface area contributed by atoms with E-state index < -0.39 is 17.7 Å². The highest BCUT2D eigenvalue weighted by molar-refractivity contribution is 5.91. The van der Waals surface area contributed by atoms with Gasteiger partial charge < -0.3 is 14.2 Å². The molecule has 136 valence electrons. The average molecular weight is 354 g/mol. The fourth-order valence-electron chi connectivity index (χ4n) is 3.48. The molecular weight excluding hydrogens is 332 g/mol. The quantitative estimate of drug-likeness (QED) is 0.580. The fraction of sp³-hybridized carbons (Fsp3) is 0.333. The second-order valence-electron chi connectivity index (χ2n) is 6.36. The monoisotopic (exact) mass is 354 g/mol. The molecule has 0 unspecified atom stereocenters. The van der Waals surface area contributed by atoms with Gasteiger partial charge in [-0.05, 0) is 43.9 Å². The molecule has 0 spiro atoms. The normalized spacial score (nSPS) is 15.7. The molecule has 0 saturated heterocycles. The van der Waals surface area contributed by atoms with Gasteiger partial charge in [0.05, 0.1) is 12.7 Å². The lowest BCUT2D eigenvalue weighted by Crippen LogP contribution is -2.37. The van der Waals surface area contributed by atoms with E-state index in [2.05, 4.69) is 0 Å². The lowest BCUT2D eigenvalue weighted by Gasteiger charge is -2.37. The van der Waals surface area contributed by atoms with Crippen molar-refractivity contribution in [3.05, 3.63) is 65.7 Å². The van der Waals surface area contributed by atoms with Crippen LogP contribution in [0, 0.1) is 0 Å². The minimum atomic E-state index is -0.880. The molecule has 0 N–H and O–H groups in total. The van der Waals surface area contributed by atoms with Gasteiger partial charge in [0, 0.05) is 5.56 Å². The van der Waals surface area contributed by atoms with Gasteiger partial charge in [0.1, 0.15) is 11.4 Å². The predicted octanol–water partition coefficient (Wildman–Crippen LogP) is 4.85. The first kappa shape index (κ1) is 18.0. The third kappa shape index (κ3) is 3.87. The Bertz CT molecular complexity index is 763. The molecule has 0 aliphatic heterocycles. The molecule has 1 saturated carbocycles. The van der Waals surface area contributed by atoms with E-state index in [1.54, 1.807) is 36.4 Å². The summed E-state index contributed by atoms with van der Waals surface area (Å²) in [7, 11) is 1.34. The number of carbonyl (C=O) groups is 2. The lowest BCUT2D eigenvalue weighted by molar-refractivity contribution is -0.0428. The van der Waals surface area contributed by atoms with Crippen LogP contribution in [0.15, 0.2) is 54.6 Å². The van der Waals surface area contributed by atoms with Gasteiger partial charge in [-0.2, -0.15) is 0 Å². The van der Waals surface area contributed by atoms with E-state index in [1.807, 2.05) is 18.2 Å². The summed E-state index contributed by atoms with van der Waals surface area (Å²) >= 11 is 0. The molecule has 1 fully saturated rings. The van der Waals surface area contributed by atoms with Crippen molar-refractivity contribution in [3.63, 3.8) is 0 Å². The molecule has 0 bridgehead atoms. The van der Waals surface area contributed by atoms with Crippen LogP contribution in [0.25, 0.3) is 0 Å². The Hall–Kier alpha value is -2.82. The SMILES string of the molecule is COC(=O)c1ccccc1C1(OC(=O)Oc2ccccc2)CCCCC1. The van der Waals surface area contributed by atoms with Gasteiger partial charge in [-0.25, -0.2) is 9.59 Å². The molecule has 2 aromatic carbocycles. The maximum atomic E-state index is 12.4. The van der Waals surface area contributed by atoms with Crippen LogP contribution in [-0.2, 0) is 15.1 Å². The van der Waals surface area contributed by atoms with E-state index in [1.165, 1.54) is 7.11 Å². The summed E-state index contributed by atoms with van der Waals surface area (Å²) < 4.78 is 16.1. The van der Waals surface area contributed by atoms with Crippen molar-refractivity contribution in [3.8, 4) is 5.75 Å². The zero-order chi connectivity index (χ0) is 18.4. The smallest absolute Gasteiger partial charge is 0.465 e. The van der Waals surface area contributed by atoms with E-state index >= 15 is 0 Å². The number of para-hydroxylation sites is 1. The van der Waals surface area contributed by atoms with Crippen LogP contribution in [0.4, 0.5) is 4.79 Å². The molecule has 0 aromatic heterocycles. The molecule has 2 aromatic rings. The molecular formula is C21H22O5. The Balaban J connectivity index is 1.90. The summed E-state index contributed by atoms with van der Waals surface area (Å²) in [5, 5.41) is 0. The number of ether oxygens (including phenoxy) is 3. The van der Waals surface area contributed by atoms with Gasteiger partial charge in [-0.15, -0.1) is 0 Å². The second kappa shape index (κ2) is 8.04. The first-order chi connectivity index (χ1) is 12.6. The van der Waals surface area contributed by atoms with Crippen LogP contribution < -0.4 is 4.74 Å². The van der Waals surface area contributed by atoms with E-state index in [0.717, 1.165) is 19.3 Å². The summed E-state index contributed by atoms with van der Waals surface area (Å²) in [5.74, 6) is -0.0183. The Kier molecular flexibility index (Phi) is 5.56. The summed E-state index contributed by atoms with van der Waals surface area (Å²) in [4.78, 5) is 24.7. The maximum absolute atomic E-state index is 12.4. The van der Waals surface area contributed by atoms with Crippen LogP contribution in [-0.4, -0.2) is 19.2 Å². The van der Waals surface area contributed by atoms with Crippen molar-refractivity contribution < 1.29 is 23.8 Å². The third-order valence-electron chi connectivity index (χ3n) is 4.71.